The van der Waals surface area contributed by atoms with E-state index in [1.807, 2.05) is 24.3 Å². The fourth-order valence-electron chi connectivity index (χ4n) is 6.15. The van der Waals surface area contributed by atoms with Crippen LogP contribution in [0.3, 0.4) is 0 Å². The molecule has 2 unspecified atom stereocenters. The van der Waals surface area contributed by atoms with E-state index in [1.54, 1.807) is 7.11 Å². The van der Waals surface area contributed by atoms with Gasteiger partial charge in [-0.05, 0) is 79.9 Å². The number of benzene rings is 1. The average molecular weight is 343 g/mol. The predicted octanol–water partition coefficient (Wildman–Crippen LogP) is 3.08. The van der Waals surface area contributed by atoms with Crippen molar-refractivity contribution in [2.45, 2.75) is 57.0 Å². The van der Waals surface area contributed by atoms with Crippen LogP contribution < -0.4 is 10.1 Å². The van der Waals surface area contributed by atoms with Gasteiger partial charge in [-0.3, -0.25) is 4.79 Å². The molecule has 2 N–H and O–H groups in total. The van der Waals surface area contributed by atoms with Crippen molar-refractivity contribution in [3.63, 3.8) is 0 Å². The highest BCUT2D eigenvalue weighted by Gasteiger charge is 2.57. The lowest BCUT2D eigenvalue weighted by Crippen LogP contribution is -2.56. The molecule has 0 saturated heterocycles. The number of carbonyl (C=O) groups is 1. The highest BCUT2D eigenvalue weighted by Crippen LogP contribution is 2.62. The molecule has 4 bridgehead atoms. The second-order valence-corrected chi connectivity index (χ2v) is 8.81. The summed E-state index contributed by atoms with van der Waals surface area (Å²) < 4.78 is 5.16. The monoisotopic (exact) mass is 343 g/mol. The number of methoxy groups -OCH3 is 1. The lowest BCUT2D eigenvalue weighted by Gasteiger charge is -2.60. The van der Waals surface area contributed by atoms with Crippen LogP contribution in [0.5, 0.6) is 5.75 Å². The number of carbonyl (C=O) groups excluding carboxylic acids is 1. The van der Waals surface area contributed by atoms with Crippen molar-refractivity contribution in [3.05, 3.63) is 29.8 Å². The van der Waals surface area contributed by atoms with Crippen LogP contribution >= 0.6 is 0 Å². The summed E-state index contributed by atoms with van der Waals surface area (Å²) in [6, 6.07) is 7.99. The van der Waals surface area contributed by atoms with Gasteiger partial charge in [0.05, 0.1) is 12.7 Å². The van der Waals surface area contributed by atoms with Gasteiger partial charge in [-0.15, -0.1) is 0 Å². The second kappa shape index (κ2) is 6.31. The molecule has 25 heavy (non-hydrogen) atoms. The molecule has 0 aliphatic heterocycles. The van der Waals surface area contributed by atoms with Gasteiger partial charge < -0.3 is 15.2 Å². The van der Waals surface area contributed by atoms with E-state index in [-0.39, 0.29) is 11.3 Å². The van der Waals surface area contributed by atoms with E-state index in [1.165, 1.54) is 12.0 Å². The third-order valence-corrected chi connectivity index (χ3v) is 6.58. The van der Waals surface area contributed by atoms with Gasteiger partial charge in [-0.25, -0.2) is 0 Å². The molecule has 4 fully saturated rings. The molecule has 1 aromatic carbocycles. The zero-order valence-electron chi connectivity index (χ0n) is 15.1. The summed E-state index contributed by atoms with van der Waals surface area (Å²) in [5, 5.41) is 13.9. The number of hydrogen-bond acceptors (Lipinski definition) is 3. The predicted molar refractivity (Wildman–Crippen MR) is 96.4 cm³/mol. The Morgan fingerprint density at radius 3 is 2.48 bits per heavy atom. The van der Waals surface area contributed by atoms with Crippen molar-refractivity contribution >= 4 is 5.91 Å². The summed E-state index contributed by atoms with van der Waals surface area (Å²) in [6.45, 7) is 0.665. The second-order valence-electron chi connectivity index (χ2n) is 8.81. The maximum atomic E-state index is 12.5. The Morgan fingerprint density at radius 2 is 1.88 bits per heavy atom. The Hall–Kier alpha value is -1.55. The van der Waals surface area contributed by atoms with Gasteiger partial charge >= 0.3 is 0 Å². The van der Waals surface area contributed by atoms with Crippen LogP contribution in [-0.4, -0.2) is 30.3 Å². The van der Waals surface area contributed by atoms with Crippen molar-refractivity contribution < 1.29 is 14.6 Å². The molecule has 4 saturated carbocycles. The summed E-state index contributed by atoms with van der Waals surface area (Å²) in [6.07, 6.45) is 7.72. The van der Waals surface area contributed by atoms with Crippen molar-refractivity contribution in [2.75, 3.05) is 13.7 Å². The minimum Gasteiger partial charge on any atom is -0.497 e. The van der Waals surface area contributed by atoms with Gasteiger partial charge in [0.15, 0.2) is 0 Å². The fraction of sp³-hybridized carbons (Fsp3) is 0.667. The summed E-state index contributed by atoms with van der Waals surface area (Å²) in [5.74, 6) is 2.28. The zero-order chi connectivity index (χ0) is 17.5. The van der Waals surface area contributed by atoms with E-state index in [4.69, 9.17) is 4.74 Å². The van der Waals surface area contributed by atoms with E-state index in [2.05, 4.69) is 5.32 Å². The topological polar surface area (TPSA) is 58.6 Å². The molecular weight excluding hydrogens is 314 g/mol. The maximum Gasteiger partial charge on any atom is 0.220 e. The van der Waals surface area contributed by atoms with Crippen LogP contribution in [0.1, 0.15) is 50.5 Å². The standard InChI is InChI=1S/C21H29NO3/c1-25-18-4-2-15(3-5-18)6-7-22-19(23)13-20-9-16-8-17(10-20)12-21(24,11-16)14-20/h2-5,16-17,24H,6-14H2,1H3,(H,22,23). The first-order chi connectivity index (χ1) is 12.0. The average Bonchev–Trinajstić information content (AvgIpc) is 2.52. The van der Waals surface area contributed by atoms with E-state index in [9.17, 15) is 9.90 Å². The van der Waals surface area contributed by atoms with Crippen LogP contribution in [0.25, 0.3) is 0 Å². The van der Waals surface area contributed by atoms with E-state index >= 15 is 0 Å². The van der Waals surface area contributed by atoms with Crippen LogP contribution in [0.4, 0.5) is 0 Å². The first-order valence-electron chi connectivity index (χ1n) is 9.60. The number of aliphatic hydroxyl groups is 1. The molecule has 0 aromatic heterocycles. The van der Waals surface area contributed by atoms with Gasteiger partial charge in [-0.2, -0.15) is 0 Å². The molecule has 4 heteroatoms. The quantitative estimate of drug-likeness (QED) is 0.834. The summed E-state index contributed by atoms with van der Waals surface area (Å²) in [4.78, 5) is 12.5. The van der Waals surface area contributed by atoms with Gasteiger partial charge in [0.1, 0.15) is 5.75 Å². The Bertz CT molecular complexity index is 625. The zero-order valence-corrected chi connectivity index (χ0v) is 15.1. The first kappa shape index (κ1) is 16.9. The fourth-order valence-corrected chi connectivity index (χ4v) is 6.15. The van der Waals surface area contributed by atoms with Crippen molar-refractivity contribution in [3.8, 4) is 5.75 Å². The normalized spacial score (nSPS) is 35.6. The molecule has 4 nitrogen and oxygen atoms in total. The van der Waals surface area contributed by atoms with Crippen molar-refractivity contribution in [2.24, 2.45) is 17.3 Å². The summed E-state index contributed by atoms with van der Waals surface area (Å²) in [5.41, 5.74) is 0.779. The molecule has 4 aliphatic carbocycles. The Labute approximate surface area is 150 Å². The SMILES string of the molecule is COc1ccc(CCNC(=O)CC23CC4CC(CC(O)(C4)C2)C3)cc1. The van der Waals surface area contributed by atoms with Gasteiger partial charge in [0, 0.05) is 13.0 Å². The van der Waals surface area contributed by atoms with Gasteiger partial charge in [0.2, 0.25) is 5.91 Å². The highest BCUT2D eigenvalue weighted by atomic mass is 16.5. The molecule has 2 atom stereocenters. The molecular formula is C21H29NO3. The smallest absolute Gasteiger partial charge is 0.220 e. The largest absolute Gasteiger partial charge is 0.497 e. The Kier molecular flexibility index (Phi) is 4.27. The molecule has 0 heterocycles. The van der Waals surface area contributed by atoms with Crippen LogP contribution in [0.15, 0.2) is 24.3 Å². The lowest BCUT2D eigenvalue weighted by molar-refractivity contribution is -0.169. The summed E-state index contributed by atoms with van der Waals surface area (Å²) >= 11 is 0. The molecule has 0 spiro atoms. The van der Waals surface area contributed by atoms with E-state index < -0.39 is 5.60 Å². The molecule has 5 rings (SSSR count). The van der Waals surface area contributed by atoms with Gasteiger partial charge in [0.25, 0.3) is 0 Å². The molecule has 1 aromatic rings. The highest BCUT2D eigenvalue weighted by molar-refractivity contribution is 5.76. The van der Waals surface area contributed by atoms with E-state index in [0.717, 1.165) is 44.3 Å². The molecule has 136 valence electrons. The minimum atomic E-state index is -0.479. The summed E-state index contributed by atoms with van der Waals surface area (Å²) in [7, 11) is 1.66. The van der Waals surface area contributed by atoms with Crippen molar-refractivity contribution in [1.82, 2.24) is 5.32 Å². The maximum absolute atomic E-state index is 12.5. The van der Waals surface area contributed by atoms with Crippen LogP contribution in [0, 0.1) is 17.3 Å². The third kappa shape index (κ3) is 3.55. The number of amides is 1. The van der Waals surface area contributed by atoms with E-state index in [0.29, 0.717) is 24.8 Å². The number of rotatable bonds is 6. The number of hydrogen-bond donors (Lipinski definition) is 2. The molecule has 0 radical (unpaired) electrons. The third-order valence-electron chi connectivity index (χ3n) is 6.58. The molecule has 4 aliphatic rings. The Balaban J connectivity index is 1.29. The van der Waals surface area contributed by atoms with Gasteiger partial charge in [-0.1, -0.05) is 12.1 Å². The number of nitrogens with one attached hydrogen (secondary N) is 1. The molecule has 1 amide bonds. The van der Waals surface area contributed by atoms with Crippen LogP contribution in [-0.2, 0) is 11.2 Å². The first-order valence-corrected chi connectivity index (χ1v) is 9.60. The minimum absolute atomic E-state index is 0.0586. The lowest BCUT2D eigenvalue weighted by atomic mass is 9.47. The Morgan fingerprint density at radius 1 is 1.20 bits per heavy atom. The number of ether oxygens (including phenoxy) is 1. The van der Waals surface area contributed by atoms with Crippen LogP contribution in [0.2, 0.25) is 0 Å². The van der Waals surface area contributed by atoms with Crippen molar-refractivity contribution in [1.29, 1.82) is 0 Å².